The number of ether oxygens (including phenoxy) is 2. The number of hydrogen-bond donors (Lipinski definition) is 1. The zero-order valence-corrected chi connectivity index (χ0v) is 20.6. The number of carbonyl (C=O) groups excluding carboxylic acids is 1. The zero-order chi connectivity index (χ0) is 22.9. The summed E-state index contributed by atoms with van der Waals surface area (Å²) < 4.78 is 11.4. The van der Waals surface area contributed by atoms with Gasteiger partial charge in [-0.2, -0.15) is 0 Å². The van der Waals surface area contributed by atoms with Gasteiger partial charge < -0.3 is 19.7 Å². The maximum absolute atomic E-state index is 12.1. The van der Waals surface area contributed by atoms with Crippen molar-refractivity contribution in [3.63, 3.8) is 0 Å². The molecule has 1 unspecified atom stereocenters. The largest absolute Gasteiger partial charge is 0.444 e. The van der Waals surface area contributed by atoms with Crippen LogP contribution in [0.15, 0.2) is 6.07 Å². The minimum absolute atomic E-state index is 0.138. The number of anilines is 1. The van der Waals surface area contributed by atoms with E-state index in [-0.39, 0.29) is 12.2 Å². The average Bonchev–Trinajstić information content (AvgIpc) is 3.20. The lowest BCUT2D eigenvalue weighted by atomic mass is 10.00. The van der Waals surface area contributed by atoms with Crippen molar-refractivity contribution >= 4 is 11.9 Å². The van der Waals surface area contributed by atoms with E-state index in [0.29, 0.717) is 6.54 Å². The third-order valence-corrected chi connectivity index (χ3v) is 5.52. The average molecular weight is 434 g/mol. The highest BCUT2D eigenvalue weighted by Gasteiger charge is 2.30. The predicted molar refractivity (Wildman–Crippen MR) is 127 cm³/mol. The van der Waals surface area contributed by atoms with Crippen LogP contribution in [0.1, 0.15) is 83.5 Å². The van der Waals surface area contributed by atoms with Gasteiger partial charge in [-0.1, -0.05) is 20.3 Å². The van der Waals surface area contributed by atoms with Crippen LogP contribution < -0.4 is 5.32 Å². The number of fused-ring (bicyclic) bond motifs is 1. The lowest BCUT2D eigenvalue weighted by Crippen LogP contribution is -2.36. The van der Waals surface area contributed by atoms with Gasteiger partial charge in [0.25, 0.3) is 0 Å². The van der Waals surface area contributed by atoms with Crippen LogP contribution in [0, 0.1) is 6.92 Å². The van der Waals surface area contributed by atoms with Gasteiger partial charge in [-0.3, -0.25) is 0 Å². The molecule has 0 saturated carbocycles. The van der Waals surface area contributed by atoms with Crippen molar-refractivity contribution in [1.82, 2.24) is 9.88 Å². The van der Waals surface area contributed by atoms with Crippen LogP contribution in [0.4, 0.5) is 10.6 Å². The first-order valence-corrected chi connectivity index (χ1v) is 12.1. The molecule has 0 aliphatic carbocycles. The summed E-state index contributed by atoms with van der Waals surface area (Å²) in [5.41, 5.74) is 3.51. The number of likely N-dealkylation sites (tertiary alicyclic amines) is 1. The molecule has 1 aromatic heterocycles. The van der Waals surface area contributed by atoms with Gasteiger partial charge >= 0.3 is 6.09 Å². The van der Waals surface area contributed by atoms with Crippen LogP contribution in [0.3, 0.4) is 0 Å². The van der Waals surface area contributed by atoms with Crippen LogP contribution in [0.5, 0.6) is 0 Å². The molecule has 1 amide bonds. The molecule has 1 N–H and O–H groups in total. The number of aryl methyl sites for hydroxylation is 2. The number of pyridine rings is 1. The molecule has 3 rings (SSSR count). The molecular weight excluding hydrogens is 390 g/mol. The summed E-state index contributed by atoms with van der Waals surface area (Å²) in [4.78, 5) is 18.7. The van der Waals surface area contributed by atoms with Crippen molar-refractivity contribution in [2.24, 2.45) is 0 Å². The lowest BCUT2D eigenvalue weighted by Gasteiger charge is -2.24. The molecule has 3 heterocycles. The fourth-order valence-corrected chi connectivity index (χ4v) is 4.02. The second-order valence-corrected chi connectivity index (χ2v) is 9.31. The lowest BCUT2D eigenvalue weighted by molar-refractivity contribution is 0.0206. The second-order valence-electron chi connectivity index (χ2n) is 9.31. The first kappa shape index (κ1) is 25.4. The van der Waals surface area contributed by atoms with E-state index >= 15 is 0 Å². The van der Waals surface area contributed by atoms with E-state index in [1.807, 2.05) is 34.6 Å². The van der Waals surface area contributed by atoms with Crippen LogP contribution >= 0.6 is 0 Å². The summed E-state index contributed by atoms with van der Waals surface area (Å²) in [6, 6.07) is 2.26. The van der Waals surface area contributed by atoms with Crippen molar-refractivity contribution in [2.75, 3.05) is 31.6 Å². The molecule has 176 valence electrons. The van der Waals surface area contributed by atoms with Gasteiger partial charge in [-0.05, 0) is 83.4 Å². The quantitative estimate of drug-likeness (QED) is 0.574. The van der Waals surface area contributed by atoms with E-state index < -0.39 is 5.60 Å². The Kier molecular flexibility index (Phi) is 10.1. The SMILES string of the molecule is CC.Cc1cc(CCCCCOC2CCN(C(=O)OC(C)(C)C)C2)nc2c1CCCN2. The Morgan fingerprint density at radius 2 is 2.03 bits per heavy atom. The summed E-state index contributed by atoms with van der Waals surface area (Å²) >= 11 is 0. The summed E-state index contributed by atoms with van der Waals surface area (Å²) in [7, 11) is 0. The maximum atomic E-state index is 12.1. The standard InChI is InChI=1S/C23H37N3O3.C2H6/c1-17-15-18(25-21-20(17)10-8-12-24-21)9-6-5-7-14-28-19-11-13-26(16-19)22(27)29-23(2,3)4;1-2/h15,19H,5-14,16H2,1-4H3,(H,24,25);1-2H3. The molecule has 6 heteroatoms. The Labute approximate surface area is 189 Å². The van der Waals surface area contributed by atoms with Crippen molar-refractivity contribution in [2.45, 2.75) is 98.2 Å². The van der Waals surface area contributed by atoms with Crippen molar-refractivity contribution in [3.05, 3.63) is 22.9 Å². The number of nitrogens with one attached hydrogen (secondary N) is 1. The van der Waals surface area contributed by atoms with Gasteiger partial charge in [-0.25, -0.2) is 9.78 Å². The van der Waals surface area contributed by atoms with Crippen molar-refractivity contribution in [1.29, 1.82) is 0 Å². The molecule has 2 aliphatic rings. The normalized spacial score (nSPS) is 18.0. The predicted octanol–water partition coefficient (Wildman–Crippen LogP) is 5.51. The number of nitrogens with zero attached hydrogens (tertiary/aromatic N) is 2. The highest BCUT2D eigenvalue weighted by atomic mass is 16.6. The molecule has 1 aromatic rings. The molecule has 2 aliphatic heterocycles. The first-order valence-electron chi connectivity index (χ1n) is 12.1. The Hall–Kier alpha value is -1.82. The van der Waals surface area contributed by atoms with Gasteiger partial charge in [0.1, 0.15) is 11.4 Å². The van der Waals surface area contributed by atoms with Gasteiger partial charge in [-0.15, -0.1) is 0 Å². The maximum Gasteiger partial charge on any atom is 0.410 e. The van der Waals surface area contributed by atoms with E-state index in [9.17, 15) is 4.79 Å². The number of hydrogen-bond acceptors (Lipinski definition) is 5. The Morgan fingerprint density at radius 1 is 1.26 bits per heavy atom. The summed E-state index contributed by atoms with van der Waals surface area (Å²) in [5, 5.41) is 3.44. The molecule has 6 nitrogen and oxygen atoms in total. The van der Waals surface area contributed by atoms with Crippen molar-refractivity contribution in [3.8, 4) is 0 Å². The van der Waals surface area contributed by atoms with Crippen molar-refractivity contribution < 1.29 is 14.3 Å². The molecule has 0 radical (unpaired) electrons. The molecule has 31 heavy (non-hydrogen) atoms. The van der Waals surface area contributed by atoms with E-state index in [1.165, 1.54) is 23.2 Å². The van der Waals surface area contributed by atoms with Gasteiger partial charge in [0.15, 0.2) is 0 Å². The number of carbonyl (C=O) groups is 1. The van der Waals surface area contributed by atoms with Crippen LogP contribution in [0.25, 0.3) is 0 Å². The molecular formula is C25H43N3O3. The second kappa shape index (κ2) is 12.3. The van der Waals surface area contributed by atoms with Gasteiger partial charge in [0.05, 0.1) is 12.6 Å². The number of amides is 1. The van der Waals surface area contributed by atoms with Crippen LogP contribution in [-0.4, -0.2) is 53.9 Å². The number of unbranched alkanes of at least 4 members (excludes halogenated alkanes) is 2. The Bertz CT molecular complexity index is 700. The van der Waals surface area contributed by atoms with Crippen LogP contribution in [0.2, 0.25) is 0 Å². The third kappa shape index (κ3) is 8.32. The summed E-state index contributed by atoms with van der Waals surface area (Å²) in [5.74, 6) is 1.10. The summed E-state index contributed by atoms with van der Waals surface area (Å²) in [6.07, 6.45) is 7.47. The van der Waals surface area contributed by atoms with E-state index in [0.717, 1.165) is 64.0 Å². The fraction of sp³-hybridized carbons (Fsp3) is 0.760. The van der Waals surface area contributed by atoms with E-state index in [1.54, 1.807) is 4.90 Å². The molecule has 1 fully saturated rings. The Balaban J connectivity index is 0.00000166. The number of rotatable bonds is 7. The minimum atomic E-state index is -0.447. The highest BCUT2D eigenvalue weighted by molar-refractivity contribution is 5.68. The molecule has 1 atom stereocenters. The van der Waals surface area contributed by atoms with Gasteiger partial charge in [0, 0.05) is 25.4 Å². The number of aromatic nitrogens is 1. The first-order chi connectivity index (χ1) is 14.8. The van der Waals surface area contributed by atoms with E-state index in [4.69, 9.17) is 14.5 Å². The highest BCUT2D eigenvalue weighted by Crippen LogP contribution is 2.24. The molecule has 0 aromatic carbocycles. The van der Waals surface area contributed by atoms with Gasteiger partial charge in [0.2, 0.25) is 0 Å². The third-order valence-electron chi connectivity index (χ3n) is 5.52. The molecule has 1 saturated heterocycles. The molecule has 0 spiro atoms. The monoisotopic (exact) mass is 433 g/mol. The minimum Gasteiger partial charge on any atom is -0.444 e. The zero-order valence-electron chi connectivity index (χ0n) is 20.6. The fourth-order valence-electron chi connectivity index (χ4n) is 4.02. The smallest absolute Gasteiger partial charge is 0.410 e. The topological polar surface area (TPSA) is 63.7 Å². The summed E-state index contributed by atoms with van der Waals surface area (Å²) in [6.45, 7) is 15.0. The van der Waals surface area contributed by atoms with Crippen LogP contribution in [-0.2, 0) is 22.3 Å². The molecule has 0 bridgehead atoms. The van der Waals surface area contributed by atoms with E-state index in [2.05, 4.69) is 18.3 Å². The Morgan fingerprint density at radius 3 is 2.77 bits per heavy atom.